The van der Waals surface area contributed by atoms with Gasteiger partial charge in [-0.3, -0.25) is 14.4 Å². The fourth-order valence-corrected chi connectivity index (χ4v) is 7.47. The Morgan fingerprint density at radius 1 is 0.857 bits per heavy atom. The molecule has 0 aliphatic carbocycles. The lowest BCUT2D eigenvalue weighted by molar-refractivity contribution is -0.121. The number of carbonyl (C=O) groups excluding carboxylic acids is 3. The minimum atomic E-state index is -1.31. The van der Waals surface area contributed by atoms with Crippen LogP contribution >= 0.6 is 15.9 Å². The van der Waals surface area contributed by atoms with E-state index in [4.69, 9.17) is 0 Å². The van der Waals surface area contributed by atoms with E-state index in [0.717, 1.165) is 39.7 Å². The molecule has 0 unspecified atom stereocenters. The number of rotatable bonds is 6. The fourth-order valence-electron chi connectivity index (χ4n) is 7.21. The predicted molar refractivity (Wildman–Crippen MR) is 169 cm³/mol. The van der Waals surface area contributed by atoms with Crippen LogP contribution in [0, 0.1) is 5.92 Å². The van der Waals surface area contributed by atoms with E-state index in [1.165, 1.54) is 0 Å². The summed E-state index contributed by atoms with van der Waals surface area (Å²) >= 11 is 3.47. The van der Waals surface area contributed by atoms with Crippen molar-refractivity contribution in [2.24, 2.45) is 5.92 Å². The van der Waals surface area contributed by atoms with Gasteiger partial charge in [-0.15, -0.1) is 0 Å². The largest absolute Gasteiger partial charge is 0.352 e. The maximum Gasteiger partial charge on any atom is 0.238 e. The van der Waals surface area contributed by atoms with Crippen molar-refractivity contribution in [2.45, 2.75) is 37.3 Å². The summed E-state index contributed by atoms with van der Waals surface area (Å²) in [5.74, 6) is -1.63. The smallest absolute Gasteiger partial charge is 0.238 e. The predicted octanol–water partition coefficient (Wildman–Crippen LogP) is 7.26. The number of hydrogen-bond acceptors (Lipinski definition) is 4. The van der Waals surface area contributed by atoms with Crippen LogP contribution in [-0.2, 0) is 16.6 Å². The number of halogens is 1. The number of carbonyl (C=O) groups is 3. The summed E-state index contributed by atoms with van der Waals surface area (Å²) in [6.45, 7) is 2.12. The highest BCUT2D eigenvalue weighted by Gasteiger charge is 2.70. The molecule has 0 aromatic heterocycles. The second kappa shape index (κ2) is 10.2. The van der Waals surface area contributed by atoms with Crippen LogP contribution in [0.15, 0.2) is 108 Å². The normalized spacial score (nSPS) is 23.3. The Hall–Kier alpha value is -4.29. The van der Waals surface area contributed by atoms with Gasteiger partial charge >= 0.3 is 0 Å². The lowest BCUT2D eigenvalue weighted by atomic mass is 9.64. The molecule has 3 aliphatic heterocycles. The van der Waals surface area contributed by atoms with Crippen LogP contribution in [0.5, 0.6) is 0 Å². The molecule has 1 fully saturated rings. The van der Waals surface area contributed by atoms with E-state index < -0.39 is 23.4 Å². The molecule has 5 nitrogen and oxygen atoms in total. The molecule has 4 atom stereocenters. The molecular formula is C36H29BrN2O3. The van der Waals surface area contributed by atoms with Crippen LogP contribution in [0.1, 0.15) is 50.8 Å². The molecule has 6 heteroatoms. The molecule has 208 valence electrons. The Kier molecular flexibility index (Phi) is 6.47. The Morgan fingerprint density at radius 3 is 2.29 bits per heavy atom. The van der Waals surface area contributed by atoms with Crippen molar-refractivity contribution < 1.29 is 14.4 Å². The van der Waals surface area contributed by atoms with Crippen LogP contribution in [0.25, 0.3) is 6.08 Å². The van der Waals surface area contributed by atoms with E-state index in [1.807, 2.05) is 102 Å². The Bertz CT molecular complexity index is 1760. The van der Waals surface area contributed by atoms with E-state index in [0.29, 0.717) is 16.8 Å². The monoisotopic (exact) mass is 616 g/mol. The van der Waals surface area contributed by atoms with Gasteiger partial charge in [0.1, 0.15) is 11.5 Å². The first-order valence-corrected chi connectivity index (χ1v) is 15.1. The van der Waals surface area contributed by atoms with Crippen LogP contribution in [0.2, 0.25) is 0 Å². The molecule has 4 aromatic carbocycles. The zero-order valence-corrected chi connectivity index (χ0v) is 24.7. The van der Waals surface area contributed by atoms with Gasteiger partial charge < -0.3 is 10.2 Å². The third-order valence-corrected chi connectivity index (χ3v) is 9.53. The maximum atomic E-state index is 14.9. The summed E-state index contributed by atoms with van der Waals surface area (Å²) in [5, 5.41) is 3.09. The Balaban J connectivity index is 1.49. The number of Topliss-reactive ketones (excluding diaryl/α,β-unsaturated/α-hetero) is 2. The highest BCUT2D eigenvalue weighted by atomic mass is 79.9. The van der Waals surface area contributed by atoms with Crippen molar-refractivity contribution in [1.82, 2.24) is 0 Å². The highest BCUT2D eigenvalue weighted by Crippen LogP contribution is 2.58. The van der Waals surface area contributed by atoms with Gasteiger partial charge in [-0.1, -0.05) is 114 Å². The first-order chi connectivity index (χ1) is 20.4. The van der Waals surface area contributed by atoms with Gasteiger partial charge in [0.25, 0.3) is 0 Å². The number of nitrogens with zero attached hydrogens (tertiary/aromatic N) is 1. The second-order valence-electron chi connectivity index (χ2n) is 11.2. The van der Waals surface area contributed by atoms with Crippen LogP contribution in [-0.4, -0.2) is 29.6 Å². The minimum absolute atomic E-state index is 0.187. The summed E-state index contributed by atoms with van der Waals surface area (Å²) in [5.41, 5.74) is 4.05. The van der Waals surface area contributed by atoms with Gasteiger partial charge in [-0.25, -0.2) is 0 Å². The Morgan fingerprint density at radius 2 is 1.52 bits per heavy atom. The molecule has 3 heterocycles. The van der Waals surface area contributed by atoms with Gasteiger partial charge in [-0.2, -0.15) is 0 Å². The van der Waals surface area contributed by atoms with Crippen molar-refractivity contribution in [3.63, 3.8) is 0 Å². The molecule has 1 saturated heterocycles. The molecule has 1 amide bonds. The zero-order chi connectivity index (χ0) is 29.0. The van der Waals surface area contributed by atoms with Crippen molar-refractivity contribution in [2.75, 3.05) is 10.2 Å². The van der Waals surface area contributed by atoms with Crippen molar-refractivity contribution >= 4 is 50.9 Å². The maximum absolute atomic E-state index is 14.9. The zero-order valence-electron chi connectivity index (χ0n) is 23.1. The first kappa shape index (κ1) is 26.6. The average molecular weight is 618 g/mol. The summed E-state index contributed by atoms with van der Waals surface area (Å²) in [6.07, 6.45) is 5.94. The molecule has 7 rings (SSSR count). The fraction of sp³-hybridized carbons (Fsp3) is 0.194. The number of fused-ring (bicyclic) bond motifs is 6. The van der Waals surface area contributed by atoms with E-state index in [9.17, 15) is 14.4 Å². The van der Waals surface area contributed by atoms with Crippen LogP contribution in [0.4, 0.5) is 11.4 Å². The number of amides is 1. The summed E-state index contributed by atoms with van der Waals surface area (Å²) in [6, 6.07) is 28.9. The number of hydrogen-bond donors (Lipinski definition) is 1. The minimum Gasteiger partial charge on any atom is -0.352 e. The molecule has 3 aliphatic rings. The third-order valence-electron chi connectivity index (χ3n) is 9.00. The number of nitrogens with one attached hydrogen (secondary N) is 1. The highest BCUT2D eigenvalue weighted by molar-refractivity contribution is 9.10. The van der Waals surface area contributed by atoms with Gasteiger partial charge in [0.05, 0.1) is 12.0 Å². The summed E-state index contributed by atoms with van der Waals surface area (Å²) in [7, 11) is 0. The van der Waals surface area contributed by atoms with Gasteiger partial charge in [0.2, 0.25) is 5.91 Å². The van der Waals surface area contributed by atoms with Gasteiger partial charge in [-0.05, 0) is 47.4 Å². The lowest BCUT2D eigenvalue weighted by Crippen LogP contribution is -2.51. The first-order valence-electron chi connectivity index (χ1n) is 14.3. The molecule has 4 aromatic rings. The summed E-state index contributed by atoms with van der Waals surface area (Å²) < 4.78 is 0.856. The van der Waals surface area contributed by atoms with E-state index in [2.05, 4.69) is 28.2 Å². The van der Waals surface area contributed by atoms with Crippen LogP contribution in [0.3, 0.4) is 0 Å². The number of anilines is 2. The van der Waals surface area contributed by atoms with Gasteiger partial charge in [0, 0.05) is 27.0 Å². The van der Waals surface area contributed by atoms with Crippen molar-refractivity contribution in [3.8, 4) is 0 Å². The van der Waals surface area contributed by atoms with Crippen molar-refractivity contribution in [3.05, 3.63) is 135 Å². The SMILES string of the molecule is CCCc1ccc(C(=O)[C@@H]2[C@H](C(=O)c3ccc(Br)cc3)N3c4ccccc4C=C[C@H]3[C@@]23C(=O)Nc2ccccc23)cc1. The molecule has 1 N–H and O–H groups in total. The number of aryl methyl sites for hydroxylation is 1. The number of benzene rings is 4. The average Bonchev–Trinajstić information content (AvgIpc) is 3.50. The topological polar surface area (TPSA) is 66.5 Å². The molecule has 1 spiro atoms. The molecule has 42 heavy (non-hydrogen) atoms. The Labute approximate surface area is 253 Å². The third kappa shape index (κ3) is 3.85. The van der Waals surface area contributed by atoms with Crippen LogP contribution < -0.4 is 10.2 Å². The van der Waals surface area contributed by atoms with Gasteiger partial charge in [0.15, 0.2) is 11.6 Å². The lowest BCUT2D eigenvalue weighted by Gasteiger charge is -2.37. The van der Waals surface area contributed by atoms with E-state index in [1.54, 1.807) is 12.1 Å². The molecule has 0 radical (unpaired) electrons. The molecular weight excluding hydrogens is 588 g/mol. The van der Waals surface area contributed by atoms with E-state index in [-0.39, 0.29) is 17.5 Å². The number of ketones is 2. The quantitative estimate of drug-likeness (QED) is 0.232. The molecule has 0 saturated carbocycles. The van der Waals surface area contributed by atoms with Crippen molar-refractivity contribution in [1.29, 1.82) is 0 Å². The summed E-state index contributed by atoms with van der Waals surface area (Å²) in [4.78, 5) is 46.1. The van der Waals surface area contributed by atoms with E-state index >= 15 is 0 Å². The second-order valence-corrected chi connectivity index (χ2v) is 12.2. The number of para-hydroxylation sites is 2. The molecule has 0 bridgehead atoms. The standard InChI is InChI=1S/C36H29BrN2O3/c1-2-7-22-12-14-24(15-13-22)33(40)31-32(34(41)25-16-19-26(37)20-17-25)39-29-11-6-3-8-23(29)18-21-30(39)36(31)27-9-4-5-10-28(27)38-35(36)42/h3-6,8-21,30-32H,2,7H2,1H3,(H,38,42)/t30-,31-,32+,36+/m0/s1.